The van der Waals surface area contributed by atoms with Crippen molar-refractivity contribution in [3.05, 3.63) is 30.1 Å². The number of nitrogens with zero attached hydrogens (tertiary/aromatic N) is 1. The van der Waals surface area contributed by atoms with E-state index in [9.17, 15) is 9.18 Å². The number of likely N-dealkylation sites (tertiary alicyclic amines) is 1. The molecular formula is C16H20FNO3. The predicted octanol–water partition coefficient (Wildman–Crippen LogP) is 2.09. The van der Waals surface area contributed by atoms with Crippen LogP contribution in [0.5, 0.6) is 5.75 Å². The molecule has 1 aromatic carbocycles. The molecule has 3 atom stereocenters. The summed E-state index contributed by atoms with van der Waals surface area (Å²) in [6, 6.07) is 6.14. The number of halogens is 1. The molecule has 1 saturated carbocycles. The van der Waals surface area contributed by atoms with Crippen molar-refractivity contribution in [1.29, 1.82) is 0 Å². The van der Waals surface area contributed by atoms with E-state index in [1.54, 1.807) is 19.2 Å². The van der Waals surface area contributed by atoms with E-state index in [-0.39, 0.29) is 18.3 Å². The first-order valence-corrected chi connectivity index (χ1v) is 7.35. The molecule has 0 aromatic heterocycles. The lowest BCUT2D eigenvalue weighted by atomic mass is 10.0. The number of carbonyl (C=O) groups is 1. The average molecular weight is 293 g/mol. The van der Waals surface area contributed by atoms with Crippen LogP contribution >= 0.6 is 0 Å². The van der Waals surface area contributed by atoms with Gasteiger partial charge >= 0.3 is 0 Å². The molecule has 0 bridgehead atoms. The summed E-state index contributed by atoms with van der Waals surface area (Å²) in [5, 5.41) is 0. The molecule has 4 nitrogen and oxygen atoms in total. The Balaban J connectivity index is 1.51. The molecule has 0 spiro atoms. The monoisotopic (exact) mass is 293 g/mol. The van der Waals surface area contributed by atoms with E-state index < -0.39 is 5.82 Å². The first-order chi connectivity index (χ1) is 10.2. The zero-order valence-electron chi connectivity index (χ0n) is 12.1. The third kappa shape index (κ3) is 3.02. The second-order valence-corrected chi connectivity index (χ2v) is 5.87. The highest BCUT2D eigenvalue weighted by molar-refractivity contribution is 5.78. The van der Waals surface area contributed by atoms with Gasteiger partial charge < -0.3 is 14.4 Å². The molecule has 1 unspecified atom stereocenters. The van der Waals surface area contributed by atoms with Crippen LogP contribution in [0.25, 0.3) is 0 Å². The summed E-state index contributed by atoms with van der Waals surface area (Å²) in [7, 11) is 1.75. The highest BCUT2D eigenvalue weighted by atomic mass is 19.1. The topological polar surface area (TPSA) is 38.8 Å². The van der Waals surface area contributed by atoms with Crippen LogP contribution in [-0.4, -0.2) is 43.7 Å². The molecule has 2 aliphatic rings. The molecule has 0 radical (unpaired) electrons. The summed E-state index contributed by atoms with van der Waals surface area (Å²) in [6.45, 7) is 1.43. The maximum atomic E-state index is 13.4. The van der Waals surface area contributed by atoms with Crippen molar-refractivity contribution in [2.24, 2.45) is 11.8 Å². The van der Waals surface area contributed by atoms with E-state index >= 15 is 0 Å². The summed E-state index contributed by atoms with van der Waals surface area (Å²) >= 11 is 0. The Labute approximate surface area is 123 Å². The van der Waals surface area contributed by atoms with Crippen molar-refractivity contribution in [2.75, 3.05) is 26.8 Å². The Bertz CT molecular complexity index is 508. The molecule has 1 aromatic rings. The average Bonchev–Trinajstić information content (AvgIpc) is 3.04. The highest BCUT2D eigenvalue weighted by Gasteiger charge is 2.42. The molecule has 0 N–H and O–H groups in total. The maximum Gasteiger partial charge on any atom is 0.260 e. The molecule has 1 aliphatic carbocycles. The van der Waals surface area contributed by atoms with Crippen LogP contribution in [0, 0.1) is 17.7 Å². The van der Waals surface area contributed by atoms with Crippen LogP contribution in [0.15, 0.2) is 24.3 Å². The number of hydrogen-bond acceptors (Lipinski definition) is 3. The van der Waals surface area contributed by atoms with Gasteiger partial charge in [-0.3, -0.25) is 4.79 Å². The third-order valence-corrected chi connectivity index (χ3v) is 4.58. The van der Waals surface area contributed by atoms with Gasteiger partial charge in [-0.2, -0.15) is 0 Å². The Morgan fingerprint density at radius 2 is 1.95 bits per heavy atom. The van der Waals surface area contributed by atoms with Crippen LogP contribution in [0.2, 0.25) is 0 Å². The lowest BCUT2D eigenvalue weighted by Gasteiger charge is -2.19. The van der Waals surface area contributed by atoms with E-state index in [1.807, 2.05) is 4.90 Å². The second-order valence-electron chi connectivity index (χ2n) is 5.87. The minimum Gasteiger partial charge on any atom is -0.481 e. The zero-order valence-corrected chi connectivity index (χ0v) is 12.1. The Morgan fingerprint density at radius 1 is 1.29 bits per heavy atom. The number of ether oxygens (including phenoxy) is 2. The molecule has 1 aliphatic heterocycles. The Kier molecular flexibility index (Phi) is 4.10. The van der Waals surface area contributed by atoms with Crippen LogP contribution in [0.3, 0.4) is 0 Å². The quantitative estimate of drug-likeness (QED) is 0.853. The Morgan fingerprint density at radius 3 is 2.57 bits per heavy atom. The van der Waals surface area contributed by atoms with Gasteiger partial charge in [0.25, 0.3) is 5.91 Å². The zero-order chi connectivity index (χ0) is 14.8. The standard InChI is InChI=1S/C16H20FNO3/c1-20-13-6-11-8-18(9-12(11)7-13)16(19)10-21-15-5-3-2-4-14(15)17/h2-5,11-13H,6-10H2,1H3/t11-,12+,13?. The number of rotatable bonds is 4. The minimum atomic E-state index is -0.438. The lowest BCUT2D eigenvalue weighted by molar-refractivity contribution is -0.132. The molecule has 1 amide bonds. The van der Waals surface area contributed by atoms with Gasteiger partial charge in [-0.1, -0.05) is 12.1 Å². The van der Waals surface area contributed by atoms with E-state index in [2.05, 4.69) is 0 Å². The number of amides is 1. The van der Waals surface area contributed by atoms with E-state index in [0.29, 0.717) is 17.9 Å². The van der Waals surface area contributed by atoms with Crippen LogP contribution in [0.4, 0.5) is 4.39 Å². The van der Waals surface area contributed by atoms with Gasteiger partial charge in [-0.15, -0.1) is 0 Å². The largest absolute Gasteiger partial charge is 0.481 e. The van der Waals surface area contributed by atoms with Gasteiger partial charge in [-0.05, 0) is 36.8 Å². The highest BCUT2D eigenvalue weighted by Crippen LogP contribution is 2.39. The smallest absolute Gasteiger partial charge is 0.260 e. The second kappa shape index (κ2) is 6.02. The van der Waals surface area contributed by atoms with E-state index in [4.69, 9.17) is 9.47 Å². The molecule has 1 saturated heterocycles. The molecule has 2 fully saturated rings. The molecule has 114 valence electrons. The number of carbonyl (C=O) groups excluding carboxylic acids is 1. The van der Waals surface area contributed by atoms with Crippen molar-refractivity contribution < 1.29 is 18.7 Å². The summed E-state index contributed by atoms with van der Waals surface area (Å²) in [6.07, 6.45) is 2.39. The summed E-state index contributed by atoms with van der Waals surface area (Å²) in [5.74, 6) is 0.692. The fourth-order valence-electron chi connectivity index (χ4n) is 3.43. The van der Waals surface area contributed by atoms with Crippen molar-refractivity contribution >= 4 is 5.91 Å². The van der Waals surface area contributed by atoms with Crippen molar-refractivity contribution in [3.8, 4) is 5.75 Å². The maximum absolute atomic E-state index is 13.4. The van der Waals surface area contributed by atoms with Gasteiger partial charge in [0.05, 0.1) is 6.10 Å². The summed E-state index contributed by atoms with van der Waals surface area (Å²) < 4.78 is 24.1. The van der Waals surface area contributed by atoms with Gasteiger partial charge in [0.15, 0.2) is 18.2 Å². The normalized spacial score (nSPS) is 27.7. The number of fused-ring (bicyclic) bond motifs is 1. The van der Waals surface area contributed by atoms with Gasteiger partial charge in [-0.25, -0.2) is 4.39 Å². The van der Waals surface area contributed by atoms with Crippen molar-refractivity contribution in [3.63, 3.8) is 0 Å². The predicted molar refractivity (Wildman–Crippen MR) is 75.5 cm³/mol. The molecule has 21 heavy (non-hydrogen) atoms. The van der Waals surface area contributed by atoms with Gasteiger partial charge in [0.1, 0.15) is 0 Å². The van der Waals surface area contributed by atoms with Gasteiger partial charge in [0.2, 0.25) is 0 Å². The van der Waals surface area contributed by atoms with E-state index in [0.717, 1.165) is 25.9 Å². The molecule has 1 heterocycles. The minimum absolute atomic E-state index is 0.0679. The first kappa shape index (κ1) is 14.3. The fourth-order valence-corrected chi connectivity index (χ4v) is 3.43. The number of benzene rings is 1. The van der Waals surface area contributed by atoms with Crippen LogP contribution in [-0.2, 0) is 9.53 Å². The Hall–Kier alpha value is -1.62. The number of hydrogen-bond donors (Lipinski definition) is 0. The summed E-state index contributed by atoms with van der Waals surface area (Å²) in [5.41, 5.74) is 0. The lowest BCUT2D eigenvalue weighted by Crippen LogP contribution is -2.34. The number of methoxy groups -OCH3 is 1. The third-order valence-electron chi connectivity index (χ3n) is 4.58. The van der Waals surface area contributed by atoms with Crippen LogP contribution < -0.4 is 4.74 Å². The molecule has 3 rings (SSSR count). The van der Waals surface area contributed by atoms with Crippen LogP contribution in [0.1, 0.15) is 12.8 Å². The summed E-state index contributed by atoms with van der Waals surface area (Å²) in [4.78, 5) is 14.0. The van der Waals surface area contributed by atoms with Gasteiger partial charge in [0, 0.05) is 20.2 Å². The first-order valence-electron chi connectivity index (χ1n) is 7.35. The SMILES string of the molecule is COC1C[C@@H]2CN(C(=O)COc3ccccc3F)C[C@@H]2C1. The molecular weight excluding hydrogens is 273 g/mol. The van der Waals surface area contributed by atoms with Crippen molar-refractivity contribution in [1.82, 2.24) is 4.90 Å². The fraction of sp³-hybridized carbons (Fsp3) is 0.562. The van der Waals surface area contributed by atoms with Crippen molar-refractivity contribution in [2.45, 2.75) is 18.9 Å². The molecule has 5 heteroatoms. The van der Waals surface area contributed by atoms with E-state index in [1.165, 1.54) is 12.1 Å². The number of para-hydroxylation sites is 1.